The molecule has 0 fully saturated rings. The maximum Gasteiger partial charge on any atom is -0.00215 e. The summed E-state index contributed by atoms with van der Waals surface area (Å²) in [4.78, 5) is 2.30. The van der Waals surface area contributed by atoms with Crippen molar-refractivity contribution in [2.24, 2.45) is 0 Å². The Morgan fingerprint density at radius 1 is 0.639 bits per heavy atom. The number of unbranched alkanes of at least 4 members (excludes halogenated alkanes) is 9. The number of allylic oxidation sites excluding steroid dienone is 7. The van der Waals surface area contributed by atoms with Crippen molar-refractivity contribution in [3.05, 3.63) is 48.6 Å². The molecule has 1 unspecified atom stereocenters. The Balaban J connectivity index is 3.57. The van der Waals surface area contributed by atoms with Gasteiger partial charge in [-0.3, -0.25) is 0 Å². The van der Waals surface area contributed by atoms with Crippen molar-refractivity contribution in [2.75, 3.05) is 39.1 Å². The molecule has 36 heavy (non-hydrogen) atoms. The van der Waals surface area contributed by atoms with Gasteiger partial charge in [-0.1, -0.05) is 94.6 Å². The van der Waals surface area contributed by atoms with Crippen LogP contribution in [0.4, 0.5) is 0 Å². The van der Waals surface area contributed by atoms with E-state index in [9.17, 15) is 0 Å². The minimum absolute atomic E-state index is 0.928. The SMILES string of the molecule is C=C(CCCCCC/C=C\C/C=C\C/C=C\CCCCC)CCCCCP(=C)(CC)CCCN(C)C. The summed E-state index contributed by atoms with van der Waals surface area (Å²) >= 11 is 0. The molecule has 0 aliphatic heterocycles. The monoisotopic (exact) mass is 517 g/mol. The van der Waals surface area contributed by atoms with Gasteiger partial charge in [0.25, 0.3) is 0 Å². The van der Waals surface area contributed by atoms with Gasteiger partial charge in [0, 0.05) is 0 Å². The third-order valence-corrected chi connectivity index (χ3v) is 11.1. The van der Waals surface area contributed by atoms with Gasteiger partial charge >= 0.3 is 0 Å². The van der Waals surface area contributed by atoms with E-state index >= 15 is 0 Å². The van der Waals surface area contributed by atoms with Crippen molar-refractivity contribution < 1.29 is 0 Å². The van der Waals surface area contributed by atoms with Crippen molar-refractivity contribution in [3.8, 4) is 0 Å². The lowest BCUT2D eigenvalue weighted by Crippen LogP contribution is -2.14. The molecule has 1 atom stereocenters. The van der Waals surface area contributed by atoms with Gasteiger partial charge in [0.2, 0.25) is 0 Å². The zero-order valence-electron chi connectivity index (χ0n) is 25.1. The van der Waals surface area contributed by atoms with Gasteiger partial charge in [-0.25, -0.2) is 0 Å². The summed E-state index contributed by atoms with van der Waals surface area (Å²) in [5, 5.41) is 0. The average molecular weight is 518 g/mol. The van der Waals surface area contributed by atoms with Gasteiger partial charge in [-0.05, 0) is 116 Å². The standard InChI is InChI=1S/C34H64NP/c1-7-9-10-11-12-13-14-15-16-17-18-19-20-21-22-23-25-29-34(3)30-26-24-27-32-36(6,8-2)33-28-31-35(4)5/h12-13,15-16,18-19H,3,6-11,14,17,20-33H2,1-2,4-5H3/b13-12-,16-15-,19-18-. The lowest BCUT2D eigenvalue weighted by atomic mass is 10.0. The second-order valence-electron chi connectivity index (χ2n) is 11.2. The van der Waals surface area contributed by atoms with E-state index in [2.05, 4.69) is 75.9 Å². The first kappa shape index (κ1) is 35.2. The largest absolute Gasteiger partial charge is 0.309 e. The maximum atomic E-state index is 4.69. The summed E-state index contributed by atoms with van der Waals surface area (Å²) in [6.45, 7) is 9.26. The number of rotatable bonds is 26. The predicted molar refractivity (Wildman–Crippen MR) is 174 cm³/mol. The number of nitrogens with zero attached hydrogens (tertiary/aromatic N) is 1. The second kappa shape index (κ2) is 25.9. The van der Waals surface area contributed by atoms with E-state index in [1.807, 2.05) is 0 Å². The van der Waals surface area contributed by atoms with E-state index in [-0.39, 0.29) is 0 Å². The molecule has 0 amide bonds. The first-order valence-electron chi connectivity index (χ1n) is 15.4. The highest BCUT2D eigenvalue weighted by atomic mass is 31.2. The van der Waals surface area contributed by atoms with Crippen LogP contribution >= 0.6 is 6.89 Å². The molecule has 0 bridgehead atoms. The van der Waals surface area contributed by atoms with Crippen LogP contribution < -0.4 is 0 Å². The molecule has 0 N–H and O–H groups in total. The second-order valence-corrected chi connectivity index (χ2v) is 15.4. The van der Waals surface area contributed by atoms with Gasteiger partial charge in [-0.2, -0.15) is 0 Å². The third-order valence-electron chi connectivity index (χ3n) is 7.24. The summed E-state index contributed by atoms with van der Waals surface area (Å²) in [5.41, 5.74) is 1.48. The average Bonchev–Trinajstić information content (AvgIpc) is 2.85. The summed E-state index contributed by atoms with van der Waals surface area (Å²) < 4.78 is 0. The van der Waals surface area contributed by atoms with Crippen LogP contribution in [0.5, 0.6) is 0 Å². The van der Waals surface area contributed by atoms with Crippen LogP contribution in [0.1, 0.15) is 123 Å². The normalized spacial score (nSPS) is 14.0. The Morgan fingerprint density at radius 3 is 1.69 bits per heavy atom. The van der Waals surface area contributed by atoms with Crippen molar-refractivity contribution in [1.82, 2.24) is 4.90 Å². The lowest BCUT2D eigenvalue weighted by Gasteiger charge is -2.24. The highest BCUT2D eigenvalue weighted by Crippen LogP contribution is 2.46. The molecule has 210 valence electrons. The summed E-state index contributed by atoms with van der Waals surface area (Å²) in [5.74, 6) is 0. The molecule has 2 heteroatoms. The minimum Gasteiger partial charge on any atom is -0.309 e. The first-order chi connectivity index (χ1) is 17.4. The van der Waals surface area contributed by atoms with E-state index in [1.54, 1.807) is 0 Å². The summed E-state index contributed by atoms with van der Waals surface area (Å²) in [6, 6.07) is 0. The van der Waals surface area contributed by atoms with Crippen LogP contribution in [0, 0.1) is 0 Å². The fraction of sp³-hybridized carbons (Fsp3) is 0.735. The molecule has 0 saturated heterocycles. The van der Waals surface area contributed by atoms with E-state index in [1.165, 1.54) is 127 Å². The van der Waals surface area contributed by atoms with Crippen molar-refractivity contribution in [3.63, 3.8) is 0 Å². The smallest absolute Gasteiger partial charge is 0.00215 e. The highest BCUT2D eigenvalue weighted by molar-refractivity contribution is 7.73. The van der Waals surface area contributed by atoms with E-state index in [0.29, 0.717) is 0 Å². The lowest BCUT2D eigenvalue weighted by molar-refractivity contribution is 0.409. The fourth-order valence-corrected chi connectivity index (χ4v) is 7.12. The number of hydrogen-bond acceptors (Lipinski definition) is 1. The van der Waals surface area contributed by atoms with Gasteiger partial charge in [-0.15, -0.1) is 13.2 Å². The van der Waals surface area contributed by atoms with Crippen LogP contribution in [0.2, 0.25) is 0 Å². The molecular weight excluding hydrogens is 453 g/mol. The zero-order valence-corrected chi connectivity index (χ0v) is 26.0. The molecule has 0 aliphatic rings. The zero-order chi connectivity index (χ0) is 26.7. The quantitative estimate of drug-likeness (QED) is 0.0626. The van der Waals surface area contributed by atoms with E-state index in [0.717, 1.165) is 12.8 Å². The van der Waals surface area contributed by atoms with Crippen LogP contribution in [0.25, 0.3) is 0 Å². The molecule has 0 aromatic rings. The van der Waals surface area contributed by atoms with Gasteiger partial charge < -0.3 is 4.90 Å². The molecule has 0 aromatic heterocycles. The molecule has 0 saturated carbocycles. The number of hydrogen-bond donors (Lipinski definition) is 0. The highest BCUT2D eigenvalue weighted by Gasteiger charge is 2.11. The van der Waals surface area contributed by atoms with Crippen molar-refractivity contribution in [1.29, 1.82) is 0 Å². The first-order valence-corrected chi connectivity index (χ1v) is 17.9. The third kappa shape index (κ3) is 24.9. The van der Waals surface area contributed by atoms with Crippen LogP contribution in [0.3, 0.4) is 0 Å². The Bertz CT molecular complexity index is 625. The summed E-state index contributed by atoms with van der Waals surface area (Å²) in [6.07, 6.45) is 44.6. The van der Waals surface area contributed by atoms with Crippen LogP contribution in [0.15, 0.2) is 48.6 Å². The van der Waals surface area contributed by atoms with E-state index in [4.69, 9.17) is 6.30 Å². The van der Waals surface area contributed by atoms with Crippen molar-refractivity contribution >= 4 is 13.2 Å². The summed E-state index contributed by atoms with van der Waals surface area (Å²) in [7, 11) is 4.35. The molecule has 0 spiro atoms. The van der Waals surface area contributed by atoms with Gasteiger partial charge in [0.05, 0.1) is 0 Å². The Kier molecular flexibility index (Phi) is 25.3. The molecule has 0 radical (unpaired) electrons. The van der Waals surface area contributed by atoms with E-state index < -0.39 is 6.89 Å². The van der Waals surface area contributed by atoms with Gasteiger partial charge in [0.1, 0.15) is 0 Å². The van der Waals surface area contributed by atoms with Crippen molar-refractivity contribution in [2.45, 2.75) is 123 Å². The molecule has 0 heterocycles. The molecule has 0 rings (SSSR count). The fourth-order valence-electron chi connectivity index (χ4n) is 4.56. The topological polar surface area (TPSA) is 3.24 Å². The van der Waals surface area contributed by atoms with Gasteiger partial charge in [0.15, 0.2) is 0 Å². The molecular formula is C34H64NP. The molecule has 0 aliphatic carbocycles. The molecule has 0 aromatic carbocycles. The molecule has 1 nitrogen and oxygen atoms in total. The Morgan fingerprint density at radius 2 is 1.14 bits per heavy atom. The van der Waals surface area contributed by atoms with Crippen LogP contribution in [-0.4, -0.2) is 50.3 Å². The predicted octanol–water partition coefficient (Wildman–Crippen LogP) is 10.9. The minimum atomic E-state index is -0.928. The van der Waals surface area contributed by atoms with Crippen LogP contribution in [-0.2, 0) is 0 Å². The Labute approximate surface area is 228 Å². The maximum absolute atomic E-state index is 4.69. The Hall–Kier alpha value is -0.780.